The van der Waals surface area contributed by atoms with Crippen molar-refractivity contribution in [3.63, 3.8) is 0 Å². The molecule has 2 N–H and O–H groups in total. The lowest BCUT2D eigenvalue weighted by Crippen LogP contribution is -2.22. The van der Waals surface area contributed by atoms with Crippen LogP contribution < -0.4 is 10.9 Å². The highest BCUT2D eigenvalue weighted by molar-refractivity contribution is 9.10. The van der Waals surface area contributed by atoms with Crippen molar-refractivity contribution in [1.29, 1.82) is 0 Å². The molecule has 0 aliphatic carbocycles. The number of nitrogens with one attached hydrogen (secondary N) is 2. The smallest absolute Gasteiger partial charge is 0.261 e. The minimum absolute atomic E-state index is 0.0311. The van der Waals surface area contributed by atoms with Crippen molar-refractivity contribution in [2.75, 3.05) is 5.32 Å². The topological polar surface area (TPSA) is 74.8 Å². The van der Waals surface area contributed by atoms with Crippen LogP contribution in [0, 0.1) is 0 Å². The number of carbonyl (C=O) groups is 1. The van der Waals surface area contributed by atoms with Crippen LogP contribution in [0.4, 0.5) is 5.69 Å². The number of aromatic nitrogens is 2. The van der Waals surface area contributed by atoms with Crippen molar-refractivity contribution in [3.05, 3.63) is 56.1 Å². The number of aromatic amines is 1. The molecule has 0 saturated heterocycles. The predicted octanol–water partition coefficient (Wildman–Crippen LogP) is 2.44. The van der Waals surface area contributed by atoms with Crippen molar-refractivity contribution < 1.29 is 4.79 Å². The van der Waals surface area contributed by atoms with E-state index in [1.807, 2.05) is 0 Å². The number of carbonyl (C=O) groups excluding carboxylic acids is 1. The number of amides is 1. The van der Waals surface area contributed by atoms with Gasteiger partial charge in [-0.3, -0.25) is 9.59 Å². The van der Waals surface area contributed by atoms with Crippen LogP contribution in [0.1, 0.15) is 10.4 Å². The number of hydrogen-bond acceptors (Lipinski definition) is 3. The number of H-pyrrole nitrogens is 1. The Morgan fingerprint density at radius 1 is 1.50 bits per heavy atom. The molecule has 5 nitrogen and oxygen atoms in total. The Balaban J connectivity index is 2.24. The van der Waals surface area contributed by atoms with Crippen molar-refractivity contribution >= 4 is 39.1 Å². The van der Waals surface area contributed by atoms with Gasteiger partial charge in [0.15, 0.2) is 0 Å². The Morgan fingerprint density at radius 2 is 2.28 bits per heavy atom. The molecule has 2 rings (SSSR count). The van der Waals surface area contributed by atoms with Gasteiger partial charge in [-0.25, -0.2) is 4.98 Å². The fourth-order valence-corrected chi connectivity index (χ4v) is 1.74. The van der Waals surface area contributed by atoms with Gasteiger partial charge in [0, 0.05) is 6.20 Å². The van der Waals surface area contributed by atoms with Gasteiger partial charge in [-0.2, -0.15) is 0 Å². The Kier molecular flexibility index (Phi) is 3.78. The molecule has 0 fully saturated rings. The molecule has 1 amide bonds. The maximum atomic E-state index is 11.8. The fraction of sp³-hybridized carbons (Fsp3) is 0. The zero-order valence-corrected chi connectivity index (χ0v) is 11.2. The Bertz CT molecular complexity index is 657. The minimum Gasteiger partial charge on any atom is -0.328 e. The SMILES string of the molecule is O=C(Nc1cnc(Cl)c(Br)c1)c1ccc[nH]c1=O. The van der Waals surface area contributed by atoms with Crippen LogP contribution in [0.15, 0.2) is 39.9 Å². The molecule has 2 aromatic rings. The summed E-state index contributed by atoms with van der Waals surface area (Å²) in [6, 6.07) is 4.61. The van der Waals surface area contributed by atoms with E-state index in [4.69, 9.17) is 11.6 Å². The summed E-state index contributed by atoms with van der Waals surface area (Å²) in [4.78, 5) is 29.5. The third-order valence-electron chi connectivity index (χ3n) is 2.12. The largest absolute Gasteiger partial charge is 0.328 e. The highest BCUT2D eigenvalue weighted by Crippen LogP contribution is 2.22. The second-order valence-electron chi connectivity index (χ2n) is 3.36. The average molecular weight is 329 g/mol. The van der Waals surface area contributed by atoms with Crippen LogP contribution in [0.5, 0.6) is 0 Å². The van der Waals surface area contributed by atoms with Gasteiger partial charge in [-0.15, -0.1) is 0 Å². The fourth-order valence-electron chi connectivity index (χ4n) is 1.29. The van der Waals surface area contributed by atoms with Crippen molar-refractivity contribution in [2.45, 2.75) is 0 Å². The molecule has 0 unspecified atom stereocenters. The third-order valence-corrected chi connectivity index (χ3v) is 3.25. The second kappa shape index (κ2) is 5.32. The average Bonchev–Trinajstić information content (AvgIpc) is 2.34. The van der Waals surface area contributed by atoms with Gasteiger partial charge in [-0.05, 0) is 34.1 Å². The van der Waals surface area contributed by atoms with Gasteiger partial charge in [0.05, 0.1) is 16.4 Å². The summed E-state index contributed by atoms with van der Waals surface area (Å²) in [6.45, 7) is 0. The van der Waals surface area contributed by atoms with Crippen molar-refractivity contribution in [2.24, 2.45) is 0 Å². The number of anilines is 1. The molecule has 0 radical (unpaired) electrons. The van der Waals surface area contributed by atoms with Crippen LogP contribution in [0.25, 0.3) is 0 Å². The van der Waals surface area contributed by atoms with E-state index in [1.165, 1.54) is 18.5 Å². The first-order valence-electron chi connectivity index (χ1n) is 4.88. The lowest BCUT2D eigenvalue weighted by molar-refractivity contribution is 0.102. The quantitative estimate of drug-likeness (QED) is 0.832. The van der Waals surface area contributed by atoms with E-state index in [0.717, 1.165) is 0 Å². The summed E-state index contributed by atoms with van der Waals surface area (Å²) in [7, 11) is 0. The predicted molar refractivity (Wildman–Crippen MR) is 72.0 cm³/mol. The lowest BCUT2D eigenvalue weighted by atomic mass is 10.2. The standard InChI is InChI=1S/C11H7BrClN3O2/c12-8-4-6(5-15-9(8)13)16-11(18)7-2-1-3-14-10(7)17/h1-5H,(H,14,17)(H,16,18). The Hall–Kier alpha value is -1.66. The van der Waals surface area contributed by atoms with E-state index in [2.05, 4.69) is 31.2 Å². The molecule has 0 spiro atoms. The van der Waals surface area contributed by atoms with Gasteiger partial charge in [0.1, 0.15) is 10.7 Å². The van der Waals surface area contributed by atoms with Crippen LogP contribution in [-0.2, 0) is 0 Å². The molecule has 0 saturated carbocycles. The monoisotopic (exact) mass is 327 g/mol. The highest BCUT2D eigenvalue weighted by Gasteiger charge is 2.10. The molecular weight excluding hydrogens is 321 g/mol. The summed E-state index contributed by atoms with van der Waals surface area (Å²) in [6.07, 6.45) is 2.86. The van der Waals surface area contributed by atoms with Gasteiger partial charge in [0.25, 0.3) is 11.5 Å². The molecule has 92 valence electrons. The molecule has 2 aromatic heterocycles. The van der Waals surface area contributed by atoms with E-state index >= 15 is 0 Å². The first-order chi connectivity index (χ1) is 8.58. The van der Waals surface area contributed by atoms with Crippen LogP contribution >= 0.6 is 27.5 Å². The minimum atomic E-state index is -0.507. The second-order valence-corrected chi connectivity index (χ2v) is 4.58. The number of nitrogens with zero attached hydrogens (tertiary/aromatic N) is 1. The maximum absolute atomic E-state index is 11.8. The molecule has 2 heterocycles. The van der Waals surface area contributed by atoms with E-state index in [1.54, 1.807) is 12.1 Å². The maximum Gasteiger partial charge on any atom is 0.261 e. The summed E-state index contributed by atoms with van der Waals surface area (Å²) < 4.78 is 0.559. The zero-order valence-electron chi connectivity index (χ0n) is 8.91. The van der Waals surface area contributed by atoms with Crippen molar-refractivity contribution in [1.82, 2.24) is 9.97 Å². The van der Waals surface area contributed by atoms with Crippen molar-refractivity contribution in [3.8, 4) is 0 Å². The molecule has 0 aliphatic rings. The van der Waals surface area contributed by atoms with E-state index < -0.39 is 11.5 Å². The van der Waals surface area contributed by atoms with E-state index in [9.17, 15) is 9.59 Å². The summed E-state index contributed by atoms with van der Waals surface area (Å²) in [5.74, 6) is -0.507. The van der Waals surface area contributed by atoms with E-state index in [0.29, 0.717) is 15.3 Å². The number of pyridine rings is 2. The van der Waals surface area contributed by atoms with Crippen LogP contribution in [0.2, 0.25) is 5.15 Å². The Morgan fingerprint density at radius 3 is 2.94 bits per heavy atom. The zero-order chi connectivity index (χ0) is 13.1. The lowest BCUT2D eigenvalue weighted by Gasteiger charge is -2.05. The number of hydrogen-bond donors (Lipinski definition) is 2. The normalized spacial score (nSPS) is 10.1. The highest BCUT2D eigenvalue weighted by atomic mass is 79.9. The number of rotatable bonds is 2. The first-order valence-corrected chi connectivity index (χ1v) is 6.05. The third kappa shape index (κ3) is 2.77. The molecule has 0 aromatic carbocycles. The molecule has 0 bridgehead atoms. The van der Waals surface area contributed by atoms with Gasteiger partial charge < -0.3 is 10.3 Å². The summed E-state index contributed by atoms with van der Waals surface area (Å²) >= 11 is 8.93. The van der Waals surface area contributed by atoms with Crippen LogP contribution in [-0.4, -0.2) is 15.9 Å². The van der Waals surface area contributed by atoms with Gasteiger partial charge in [0.2, 0.25) is 0 Å². The van der Waals surface area contributed by atoms with Gasteiger partial charge >= 0.3 is 0 Å². The molecular formula is C11H7BrClN3O2. The van der Waals surface area contributed by atoms with E-state index in [-0.39, 0.29) is 5.56 Å². The summed E-state index contributed by atoms with van der Waals surface area (Å²) in [5.41, 5.74) is 0.0269. The molecule has 7 heteroatoms. The van der Waals surface area contributed by atoms with Crippen LogP contribution in [0.3, 0.4) is 0 Å². The Labute approximate surface area is 115 Å². The number of halogens is 2. The first kappa shape index (κ1) is 12.8. The molecule has 0 aliphatic heterocycles. The summed E-state index contributed by atoms with van der Waals surface area (Å²) in [5, 5.41) is 2.85. The van der Waals surface area contributed by atoms with Gasteiger partial charge in [-0.1, -0.05) is 11.6 Å². The molecule has 0 atom stereocenters. The molecule has 18 heavy (non-hydrogen) atoms.